The summed E-state index contributed by atoms with van der Waals surface area (Å²) in [5.41, 5.74) is 0. The van der Waals surface area contributed by atoms with E-state index in [9.17, 15) is 4.79 Å². The van der Waals surface area contributed by atoms with Crippen molar-refractivity contribution in [2.24, 2.45) is 0 Å². The highest BCUT2D eigenvalue weighted by Gasteiger charge is 2.06. The zero-order chi connectivity index (χ0) is 14.3. The van der Waals surface area contributed by atoms with Gasteiger partial charge in [0.25, 0.3) is 0 Å². The molecule has 0 unspecified atom stereocenters. The first-order chi connectivity index (χ1) is 9.22. The number of hydrogen-bond acceptors (Lipinski definition) is 6. The third kappa shape index (κ3) is 12.8. The molecule has 0 bridgehead atoms. The molecular formula is C12H28N4OS2. The molecule has 0 aliphatic rings. The molecule has 19 heavy (non-hydrogen) atoms. The molecule has 0 fully saturated rings. The quantitative estimate of drug-likeness (QED) is 0.259. The van der Waals surface area contributed by atoms with Gasteiger partial charge in [-0.05, 0) is 38.8 Å². The van der Waals surface area contributed by atoms with Crippen molar-refractivity contribution in [1.29, 1.82) is 0 Å². The van der Waals surface area contributed by atoms with Gasteiger partial charge in [0.15, 0.2) is 0 Å². The first-order valence-electron chi connectivity index (χ1n) is 6.92. The van der Waals surface area contributed by atoms with Crippen molar-refractivity contribution < 1.29 is 4.79 Å². The van der Waals surface area contributed by atoms with E-state index in [-0.39, 0.29) is 5.91 Å². The fourth-order valence-corrected chi connectivity index (χ4v) is 2.06. The average molecular weight is 309 g/mol. The summed E-state index contributed by atoms with van der Waals surface area (Å²) in [4.78, 5) is 13.3. The summed E-state index contributed by atoms with van der Waals surface area (Å²) in [6, 6.07) is 0. The third-order valence-electron chi connectivity index (χ3n) is 2.84. The van der Waals surface area contributed by atoms with E-state index in [1.807, 2.05) is 4.90 Å². The van der Waals surface area contributed by atoms with Crippen LogP contribution in [0.25, 0.3) is 0 Å². The van der Waals surface area contributed by atoms with Crippen LogP contribution >= 0.6 is 25.6 Å². The Hall–Kier alpha value is 0.0500. The molecule has 0 aliphatic carbocycles. The van der Waals surface area contributed by atoms with Gasteiger partial charge in [-0.25, -0.2) is 0 Å². The normalized spacial score (nSPS) is 10.7. The molecule has 0 saturated carbocycles. The van der Waals surface area contributed by atoms with E-state index in [4.69, 9.17) is 0 Å². The van der Waals surface area contributed by atoms with E-state index in [0.717, 1.165) is 65.0 Å². The second-order valence-electron chi connectivity index (χ2n) is 4.49. The minimum atomic E-state index is 0.159. The Balaban J connectivity index is 3.45. The summed E-state index contributed by atoms with van der Waals surface area (Å²) in [6.07, 6.45) is 4.17. The predicted molar refractivity (Wildman–Crippen MR) is 87.6 cm³/mol. The van der Waals surface area contributed by atoms with Crippen molar-refractivity contribution >= 4 is 31.5 Å². The molecular weight excluding hydrogens is 280 g/mol. The standard InChI is InChI=1S/C12H28N4OS2/c1-12(17)16(11-5-9-15-19)10-3-2-6-13-7-4-8-14-18/h13-15,18-19H,2-11H2,1H3. The zero-order valence-corrected chi connectivity index (χ0v) is 13.6. The molecule has 3 N–H and O–H groups in total. The van der Waals surface area contributed by atoms with Crippen molar-refractivity contribution in [3.05, 3.63) is 0 Å². The summed E-state index contributed by atoms with van der Waals surface area (Å²) in [6.45, 7) is 7.07. The van der Waals surface area contributed by atoms with Crippen LogP contribution in [0.1, 0.15) is 32.6 Å². The molecule has 0 heterocycles. The van der Waals surface area contributed by atoms with Crippen LogP contribution in [-0.4, -0.2) is 50.1 Å². The molecule has 0 aliphatic heterocycles. The van der Waals surface area contributed by atoms with E-state index in [2.05, 4.69) is 40.4 Å². The number of unbranched alkanes of at least 4 members (excludes halogenated alkanes) is 1. The Morgan fingerprint density at radius 2 is 1.47 bits per heavy atom. The maximum Gasteiger partial charge on any atom is 0.219 e. The molecule has 0 spiro atoms. The first-order valence-corrected chi connectivity index (χ1v) is 7.82. The Kier molecular flexibility index (Phi) is 14.5. The summed E-state index contributed by atoms with van der Waals surface area (Å²) in [7, 11) is 0. The number of amides is 1. The molecule has 0 saturated heterocycles. The Labute approximate surface area is 128 Å². The summed E-state index contributed by atoms with van der Waals surface area (Å²) in [5, 5.41) is 3.38. The lowest BCUT2D eigenvalue weighted by Crippen LogP contribution is -2.32. The van der Waals surface area contributed by atoms with Crippen molar-refractivity contribution in [3.63, 3.8) is 0 Å². The minimum Gasteiger partial charge on any atom is -0.343 e. The number of nitrogens with zero attached hydrogens (tertiary/aromatic N) is 1. The van der Waals surface area contributed by atoms with Gasteiger partial charge in [0, 0.05) is 33.1 Å². The largest absolute Gasteiger partial charge is 0.343 e. The van der Waals surface area contributed by atoms with E-state index < -0.39 is 0 Å². The number of rotatable bonds is 13. The van der Waals surface area contributed by atoms with Crippen molar-refractivity contribution in [3.8, 4) is 0 Å². The lowest BCUT2D eigenvalue weighted by molar-refractivity contribution is -0.129. The van der Waals surface area contributed by atoms with Gasteiger partial charge in [0.05, 0.1) is 0 Å². The topological polar surface area (TPSA) is 56.4 Å². The zero-order valence-electron chi connectivity index (χ0n) is 11.8. The monoisotopic (exact) mass is 308 g/mol. The summed E-state index contributed by atoms with van der Waals surface area (Å²) in [5.74, 6) is 0.159. The lowest BCUT2D eigenvalue weighted by atomic mass is 10.2. The van der Waals surface area contributed by atoms with Crippen LogP contribution in [0, 0.1) is 0 Å². The molecule has 114 valence electrons. The van der Waals surface area contributed by atoms with Gasteiger partial charge in [-0.2, -0.15) is 0 Å². The highest BCUT2D eigenvalue weighted by molar-refractivity contribution is 7.78. The van der Waals surface area contributed by atoms with Crippen LogP contribution in [0.15, 0.2) is 0 Å². The number of nitrogens with one attached hydrogen (secondary N) is 3. The van der Waals surface area contributed by atoms with Crippen LogP contribution in [0.3, 0.4) is 0 Å². The second kappa shape index (κ2) is 14.5. The highest BCUT2D eigenvalue weighted by Crippen LogP contribution is 1.98. The van der Waals surface area contributed by atoms with Gasteiger partial charge < -0.3 is 10.2 Å². The van der Waals surface area contributed by atoms with Crippen molar-refractivity contribution in [2.75, 3.05) is 39.3 Å². The molecule has 5 nitrogen and oxygen atoms in total. The first kappa shape index (κ1) is 19.1. The summed E-state index contributed by atoms with van der Waals surface area (Å²) < 4.78 is 5.62. The average Bonchev–Trinajstić information content (AvgIpc) is 2.39. The number of carbonyl (C=O) groups is 1. The predicted octanol–water partition coefficient (Wildman–Crippen LogP) is 0.854. The lowest BCUT2D eigenvalue weighted by Gasteiger charge is -2.20. The maximum absolute atomic E-state index is 11.4. The van der Waals surface area contributed by atoms with Crippen LogP contribution in [0.5, 0.6) is 0 Å². The van der Waals surface area contributed by atoms with Crippen LogP contribution in [0.4, 0.5) is 0 Å². The van der Waals surface area contributed by atoms with E-state index in [1.165, 1.54) is 0 Å². The van der Waals surface area contributed by atoms with Crippen LogP contribution in [0.2, 0.25) is 0 Å². The molecule has 7 heteroatoms. The molecule has 0 atom stereocenters. The van der Waals surface area contributed by atoms with Crippen LogP contribution in [-0.2, 0) is 4.79 Å². The minimum absolute atomic E-state index is 0.159. The van der Waals surface area contributed by atoms with Gasteiger partial charge >= 0.3 is 0 Å². The SMILES string of the molecule is CC(=O)N(CCCCNCCCNS)CCCNS. The van der Waals surface area contributed by atoms with Gasteiger partial charge in [0.2, 0.25) is 5.91 Å². The highest BCUT2D eigenvalue weighted by atomic mass is 32.1. The molecule has 0 aromatic heterocycles. The molecule has 0 aromatic rings. The Morgan fingerprint density at radius 3 is 2.11 bits per heavy atom. The molecule has 0 aromatic carbocycles. The van der Waals surface area contributed by atoms with Gasteiger partial charge in [-0.3, -0.25) is 14.2 Å². The van der Waals surface area contributed by atoms with Gasteiger partial charge in [-0.1, -0.05) is 25.6 Å². The van der Waals surface area contributed by atoms with Gasteiger partial charge in [0.1, 0.15) is 0 Å². The Bertz CT molecular complexity index is 220. The maximum atomic E-state index is 11.4. The van der Waals surface area contributed by atoms with Crippen LogP contribution < -0.4 is 14.8 Å². The fraction of sp³-hybridized carbons (Fsp3) is 0.917. The number of thiol groups is 2. The van der Waals surface area contributed by atoms with E-state index in [1.54, 1.807) is 6.92 Å². The van der Waals surface area contributed by atoms with Gasteiger partial charge in [-0.15, -0.1) is 0 Å². The molecule has 1 amide bonds. The third-order valence-corrected chi connectivity index (χ3v) is 3.28. The van der Waals surface area contributed by atoms with Crippen molar-refractivity contribution in [2.45, 2.75) is 32.6 Å². The second-order valence-corrected chi connectivity index (χ2v) is 5.12. The fourth-order valence-electron chi connectivity index (χ4n) is 1.75. The summed E-state index contributed by atoms with van der Waals surface area (Å²) >= 11 is 7.87. The van der Waals surface area contributed by atoms with E-state index in [0.29, 0.717) is 0 Å². The number of hydrogen-bond donors (Lipinski definition) is 5. The van der Waals surface area contributed by atoms with E-state index >= 15 is 0 Å². The van der Waals surface area contributed by atoms with Crippen molar-refractivity contribution in [1.82, 2.24) is 19.7 Å². The molecule has 0 radical (unpaired) electrons. The molecule has 0 rings (SSSR count). The smallest absolute Gasteiger partial charge is 0.219 e. The Morgan fingerprint density at radius 1 is 0.895 bits per heavy atom. The number of carbonyl (C=O) groups excluding carboxylic acids is 1.